The molecule has 0 bridgehead atoms. The zero-order chi connectivity index (χ0) is 12.8. The summed E-state index contributed by atoms with van der Waals surface area (Å²) in [4.78, 5) is 8.14. The van der Waals surface area contributed by atoms with Crippen LogP contribution in [0.4, 0.5) is 11.6 Å². The fraction of sp³-hybridized carbons (Fsp3) is 0.231. The Morgan fingerprint density at radius 3 is 2.44 bits per heavy atom. The summed E-state index contributed by atoms with van der Waals surface area (Å²) in [6, 6.07) is 8.00. The van der Waals surface area contributed by atoms with Crippen LogP contribution >= 0.6 is 0 Å². The Kier molecular flexibility index (Phi) is 3.96. The number of nitrogen functional groups attached to an aromatic ring is 1. The monoisotopic (exact) mass is 244 g/mol. The molecule has 5 heteroatoms. The summed E-state index contributed by atoms with van der Waals surface area (Å²) in [5, 5.41) is 3.14. The van der Waals surface area contributed by atoms with Crippen LogP contribution in [0.15, 0.2) is 36.7 Å². The van der Waals surface area contributed by atoms with Crippen LogP contribution in [0, 0.1) is 0 Å². The second-order valence-electron chi connectivity index (χ2n) is 3.86. The first-order valence-corrected chi connectivity index (χ1v) is 5.72. The first-order chi connectivity index (χ1) is 8.78. The fourth-order valence-corrected chi connectivity index (χ4v) is 1.54. The Balaban J connectivity index is 1.82. The van der Waals surface area contributed by atoms with Crippen molar-refractivity contribution in [3.8, 4) is 5.75 Å². The van der Waals surface area contributed by atoms with E-state index in [1.807, 2.05) is 24.3 Å². The Morgan fingerprint density at radius 1 is 1.17 bits per heavy atom. The molecule has 2 aromatic rings. The molecule has 0 saturated heterocycles. The van der Waals surface area contributed by atoms with Crippen molar-refractivity contribution in [2.75, 3.05) is 24.7 Å². The number of anilines is 2. The molecule has 0 atom stereocenters. The van der Waals surface area contributed by atoms with Gasteiger partial charge in [0.15, 0.2) is 0 Å². The number of hydrogen-bond acceptors (Lipinski definition) is 5. The van der Waals surface area contributed by atoms with E-state index in [0.717, 1.165) is 18.7 Å². The maximum Gasteiger partial charge on any atom is 0.222 e. The van der Waals surface area contributed by atoms with E-state index in [0.29, 0.717) is 11.6 Å². The zero-order valence-electron chi connectivity index (χ0n) is 10.3. The molecule has 94 valence electrons. The number of hydrogen-bond donors (Lipinski definition) is 2. The van der Waals surface area contributed by atoms with Gasteiger partial charge >= 0.3 is 0 Å². The lowest BCUT2D eigenvalue weighted by molar-refractivity contribution is 0.414. The van der Waals surface area contributed by atoms with E-state index in [1.165, 1.54) is 5.56 Å². The van der Waals surface area contributed by atoms with E-state index in [2.05, 4.69) is 15.3 Å². The predicted octanol–water partition coefficient (Wildman–Crippen LogP) is 1.72. The van der Waals surface area contributed by atoms with Crippen molar-refractivity contribution in [1.82, 2.24) is 9.97 Å². The number of nitrogens with one attached hydrogen (secondary N) is 1. The highest BCUT2D eigenvalue weighted by molar-refractivity contribution is 5.36. The molecule has 1 aromatic carbocycles. The Bertz CT molecular complexity index is 481. The first-order valence-electron chi connectivity index (χ1n) is 5.72. The summed E-state index contributed by atoms with van der Waals surface area (Å²) in [5.74, 6) is 1.46. The number of nitrogens with zero attached hydrogens (tertiary/aromatic N) is 2. The van der Waals surface area contributed by atoms with E-state index in [1.54, 1.807) is 19.5 Å². The SMILES string of the molecule is COc1ccc(CCNc2ncc(N)cn2)cc1. The fourth-order valence-electron chi connectivity index (χ4n) is 1.54. The molecule has 0 fully saturated rings. The Hall–Kier alpha value is -2.30. The van der Waals surface area contributed by atoms with Gasteiger partial charge in [-0.1, -0.05) is 12.1 Å². The molecule has 0 aliphatic heterocycles. The van der Waals surface area contributed by atoms with Crippen molar-refractivity contribution >= 4 is 11.6 Å². The number of ether oxygens (including phenoxy) is 1. The summed E-state index contributed by atoms with van der Waals surface area (Å²) in [5.41, 5.74) is 7.31. The third-order valence-electron chi connectivity index (χ3n) is 2.53. The molecule has 0 saturated carbocycles. The van der Waals surface area contributed by atoms with Crippen molar-refractivity contribution < 1.29 is 4.74 Å². The molecule has 0 unspecified atom stereocenters. The van der Waals surface area contributed by atoms with Gasteiger partial charge in [0, 0.05) is 6.54 Å². The largest absolute Gasteiger partial charge is 0.497 e. The average Bonchev–Trinajstić information content (AvgIpc) is 2.42. The van der Waals surface area contributed by atoms with Crippen LogP contribution in [0.3, 0.4) is 0 Å². The zero-order valence-corrected chi connectivity index (χ0v) is 10.3. The third kappa shape index (κ3) is 3.35. The topological polar surface area (TPSA) is 73.1 Å². The minimum Gasteiger partial charge on any atom is -0.497 e. The van der Waals surface area contributed by atoms with Gasteiger partial charge in [0.25, 0.3) is 0 Å². The van der Waals surface area contributed by atoms with Gasteiger partial charge in [-0.05, 0) is 24.1 Å². The number of methoxy groups -OCH3 is 1. The van der Waals surface area contributed by atoms with Gasteiger partial charge in [0.2, 0.25) is 5.95 Å². The quantitative estimate of drug-likeness (QED) is 0.837. The van der Waals surface area contributed by atoms with Crippen LogP contribution in [-0.2, 0) is 6.42 Å². The van der Waals surface area contributed by atoms with Crippen molar-refractivity contribution in [3.63, 3.8) is 0 Å². The van der Waals surface area contributed by atoms with Crippen molar-refractivity contribution in [2.45, 2.75) is 6.42 Å². The molecule has 5 nitrogen and oxygen atoms in total. The van der Waals surface area contributed by atoms with Crippen LogP contribution < -0.4 is 15.8 Å². The molecular formula is C13H16N4O. The number of nitrogens with two attached hydrogens (primary N) is 1. The molecule has 2 rings (SSSR count). The lowest BCUT2D eigenvalue weighted by Crippen LogP contribution is -2.08. The minimum atomic E-state index is 0.565. The second kappa shape index (κ2) is 5.86. The van der Waals surface area contributed by atoms with Gasteiger partial charge in [-0.2, -0.15) is 0 Å². The molecule has 1 aromatic heterocycles. The molecule has 0 aliphatic rings. The summed E-state index contributed by atoms with van der Waals surface area (Å²) < 4.78 is 5.11. The van der Waals surface area contributed by atoms with E-state index in [9.17, 15) is 0 Å². The van der Waals surface area contributed by atoms with E-state index >= 15 is 0 Å². The van der Waals surface area contributed by atoms with Crippen molar-refractivity contribution in [1.29, 1.82) is 0 Å². The Labute approximate surface area is 106 Å². The maximum atomic E-state index is 5.51. The molecule has 18 heavy (non-hydrogen) atoms. The summed E-state index contributed by atoms with van der Waals surface area (Å²) in [6.45, 7) is 0.774. The van der Waals surface area contributed by atoms with Crippen molar-refractivity contribution in [2.24, 2.45) is 0 Å². The summed E-state index contributed by atoms with van der Waals surface area (Å²) in [7, 11) is 1.66. The number of aromatic nitrogens is 2. The molecular weight excluding hydrogens is 228 g/mol. The van der Waals surface area contributed by atoms with Gasteiger partial charge in [-0.15, -0.1) is 0 Å². The lowest BCUT2D eigenvalue weighted by Gasteiger charge is -2.05. The smallest absolute Gasteiger partial charge is 0.222 e. The number of benzene rings is 1. The molecule has 0 spiro atoms. The molecule has 0 amide bonds. The molecule has 3 N–H and O–H groups in total. The van der Waals surface area contributed by atoms with Crippen LogP contribution in [0.5, 0.6) is 5.75 Å². The highest BCUT2D eigenvalue weighted by Crippen LogP contribution is 2.11. The normalized spacial score (nSPS) is 10.1. The average molecular weight is 244 g/mol. The summed E-state index contributed by atoms with van der Waals surface area (Å²) in [6.07, 6.45) is 4.07. The number of rotatable bonds is 5. The van der Waals surface area contributed by atoms with E-state index in [4.69, 9.17) is 10.5 Å². The lowest BCUT2D eigenvalue weighted by atomic mass is 10.1. The summed E-state index contributed by atoms with van der Waals surface area (Å²) >= 11 is 0. The van der Waals surface area contributed by atoms with Gasteiger partial charge in [-0.25, -0.2) is 9.97 Å². The second-order valence-corrected chi connectivity index (χ2v) is 3.86. The van der Waals surface area contributed by atoms with Gasteiger partial charge in [0.1, 0.15) is 5.75 Å². The first kappa shape index (κ1) is 12.2. The van der Waals surface area contributed by atoms with Crippen LogP contribution in [-0.4, -0.2) is 23.6 Å². The van der Waals surface area contributed by atoms with Gasteiger partial charge < -0.3 is 15.8 Å². The van der Waals surface area contributed by atoms with Crippen LogP contribution in [0.25, 0.3) is 0 Å². The molecule has 0 aliphatic carbocycles. The highest BCUT2D eigenvalue weighted by Gasteiger charge is 1.97. The van der Waals surface area contributed by atoms with Crippen LogP contribution in [0.2, 0.25) is 0 Å². The van der Waals surface area contributed by atoms with E-state index < -0.39 is 0 Å². The van der Waals surface area contributed by atoms with Gasteiger partial charge in [0.05, 0.1) is 25.2 Å². The minimum absolute atomic E-state index is 0.565. The Morgan fingerprint density at radius 2 is 1.83 bits per heavy atom. The van der Waals surface area contributed by atoms with E-state index in [-0.39, 0.29) is 0 Å². The molecule has 0 radical (unpaired) electrons. The standard InChI is InChI=1S/C13H16N4O/c1-18-12-4-2-10(3-5-12)6-7-15-13-16-8-11(14)9-17-13/h2-5,8-9H,6-7,14H2,1H3,(H,15,16,17). The highest BCUT2D eigenvalue weighted by atomic mass is 16.5. The third-order valence-corrected chi connectivity index (χ3v) is 2.53. The van der Waals surface area contributed by atoms with Crippen molar-refractivity contribution in [3.05, 3.63) is 42.2 Å². The van der Waals surface area contributed by atoms with Crippen LogP contribution in [0.1, 0.15) is 5.56 Å². The molecule has 1 heterocycles. The van der Waals surface area contributed by atoms with Gasteiger partial charge in [-0.3, -0.25) is 0 Å². The predicted molar refractivity (Wildman–Crippen MR) is 71.6 cm³/mol. The maximum absolute atomic E-state index is 5.51.